The first-order chi connectivity index (χ1) is 10.5. The van der Waals surface area contributed by atoms with E-state index in [0.29, 0.717) is 21.7 Å². The second-order valence-electron chi connectivity index (χ2n) is 5.67. The van der Waals surface area contributed by atoms with E-state index in [9.17, 15) is 4.79 Å². The Bertz CT molecular complexity index is 659. The van der Waals surface area contributed by atoms with Crippen LogP contribution in [0.2, 0.25) is 4.34 Å². The van der Waals surface area contributed by atoms with Crippen LogP contribution in [-0.4, -0.2) is 35.1 Å². The van der Waals surface area contributed by atoms with E-state index in [2.05, 4.69) is 5.16 Å². The molecule has 1 saturated heterocycles. The van der Waals surface area contributed by atoms with Gasteiger partial charge in [-0.3, -0.25) is 4.79 Å². The molecule has 0 spiro atoms. The summed E-state index contributed by atoms with van der Waals surface area (Å²) in [7, 11) is 0. The molecule has 7 heteroatoms. The number of likely N-dealkylation sites (tertiary alicyclic amines) is 1. The number of carbonyl (C=O) groups excluding carboxylic acids is 1. The minimum Gasteiger partial charge on any atom is -0.355 e. The zero-order chi connectivity index (χ0) is 15.7. The van der Waals surface area contributed by atoms with Crippen LogP contribution in [0.3, 0.4) is 0 Å². The van der Waals surface area contributed by atoms with Gasteiger partial charge in [0.25, 0.3) is 5.91 Å². The van der Waals surface area contributed by atoms with Gasteiger partial charge in [0.05, 0.1) is 9.21 Å². The van der Waals surface area contributed by atoms with Gasteiger partial charge in [0, 0.05) is 25.2 Å². The maximum absolute atomic E-state index is 12.5. The monoisotopic (exact) mass is 339 g/mol. The summed E-state index contributed by atoms with van der Waals surface area (Å²) in [6, 6.07) is 5.52. The lowest BCUT2D eigenvalue weighted by molar-refractivity contribution is 0.0670. The van der Waals surface area contributed by atoms with Gasteiger partial charge >= 0.3 is 0 Å². The fourth-order valence-electron chi connectivity index (χ4n) is 2.73. The summed E-state index contributed by atoms with van der Waals surface area (Å²) in [5.41, 5.74) is 6.28. The molecule has 1 aliphatic heterocycles. The summed E-state index contributed by atoms with van der Waals surface area (Å²) in [4.78, 5) is 15.2. The van der Waals surface area contributed by atoms with Crippen molar-refractivity contribution >= 4 is 28.8 Å². The molecule has 5 nitrogen and oxygen atoms in total. The highest BCUT2D eigenvalue weighted by atomic mass is 35.5. The molecule has 2 aromatic heterocycles. The van der Waals surface area contributed by atoms with Gasteiger partial charge in [-0.2, -0.15) is 0 Å². The summed E-state index contributed by atoms with van der Waals surface area (Å²) in [6.07, 6.45) is 1.88. The normalized spacial score (nSPS) is 17.7. The third-order valence-corrected chi connectivity index (χ3v) is 5.36. The van der Waals surface area contributed by atoms with Crippen LogP contribution in [-0.2, 0) is 0 Å². The number of carbonyl (C=O) groups is 1. The van der Waals surface area contributed by atoms with Gasteiger partial charge in [0.2, 0.25) is 0 Å². The number of nitrogens with zero attached hydrogens (tertiary/aromatic N) is 2. The van der Waals surface area contributed by atoms with Gasteiger partial charge in [-0.25, -0.2) is 0 Å². The van der Waals surface area contributed by atoms with Gasteiger partial charge in [-0.1, -0.05) is 16.8 Å². The van der Waals surface area contributed by atoms with Crippen molar-refractivity contribution in [2.24, 2.45) is 11.7 Å². The molecule has 1 atom stereocenters. The fourth-order valence-corrected chi connectivity index (χ4v) is 3.72. The number of thiophene rings is 1. The maximum Gasteiger partial charge on any atom is 0.276 e. The van der Waals surface area contributed by atoms with E-state index < -0.39 is 0 Å². The SMILES string of the molecule is CC(N)C1CCN(C(=O)c2cc(-c3ccc(Cl)s3)on2)CC1. The number of hydrogen-bond donors (Lipinski definition) is 1. The zero-order valence-electron chi connectivity index (χ0n) is 12.3. The summed E-state index contributed by atoms with van der Waals surface area (Å²) in [5, 5.41) is 3.90. The number of amides is 1. The van der Waals surface area contributed by atoms with Crippen LogP contribution in [0.25, 0.3) is 10.6 Å². The number of halogens is 1. The van der Waals surface area contributed by atoms with Gasteiger partial charge in [0.1, 0.15) is 0 Å². The first kappa shape index (κ1) is 15.5. The quantitative estimate of drug-likeness (QED) is 0.931. The topological polar surface area (TPSA) is 72.4 Å². The van der Waals surface area contributed by atoms with Crippen LogP contribution in [0.5, 0.6) is 0 Å². The Morgan fingerprint density at radius 3 is 2.82 bits per heavy atom. The average molecular weight is 340 g/mol. The maximum atomic E-state index is 12.5. The largest absolute Gasteiger partial charge is 0.355 e. The standard InChI is InChI=1S/C15H18ClN3O2S/c1-9(17)10-4-6-19(7-5-10)15(20)11-8-12(21-18-11)13-2-3-14(16)22-13/h2-3,8-10H,4-7,17H2,1H3. The Balaban J connectivity index is 1.67. The number of piperidine rings is 1. The molecule has 0 aromatic carbocycles. The molecule has 2 aromatic rings. The number of aromatic nitrogens is 1. The molecule has 118 valence electrons. The van der Waals surface area contributed by atoms with Crippen molar-refractivity contribution in [3.05, 3.63) is 28.2 Å². The van der Waals surface area contributed by atoms with E-state index >= 15 is 0 Å². The van der Waals surface area contributed by atoms with E-state index in [0.717, 1.165) is 30.8 Å². The smallest absolute Gasteiger partial charge is 0.276 e. The van der Waals surface area contributed by atoms with Gasteiger partial charge in [-0.05, 0) is 37.8 Å². The Hall–Kier alpha value is -1.37. The van der Waals surface area contributed by atoms with Crippen LogP contribution in [0.15, 0.2) is 22.7 Å². The Morgan fingerprint density at radius 2 is 2.23 bits per heavy atom. The first-order valence-corrected chi connectivity index (χ1v) is 8.51. The third-order valence-electron chi connectivity index (χ3n) is 4.12. The fraction of sp³-hybridized carbons (Fsp3) is 0.467. The van der Waals surface area contributed by atoms with Crippen molar-refractivity contribution in [3.63, 3.8) is 0 Å². The molecule has 1 fully saturated rings. The molecule has 22 heavy (non-hydrogen) atoms. The van der Waals surface area contributed by atoms with Crippen LogP contribution in [0.4, 0.5) is 0 Å². The summed E-state index contributed by atoms with van der Waals surface area (Å²) in [5.74, 6) is 0.983. The minimum atomic E-state index is -0.0826. The van der Waals surface area contributed by atoms with E-state index in [1.54, 1.807) is 12.1 Å². The van der Waals surface area contributed by atoms with Gasteiger partial charge < -0.3 is 15.2 Å². The van der Waals surface area contributed by atoms with Crippen molar-refractivity contribution in [1.29, 1.82) is 0 Å². The van der Waals surface area contributed by atoms with Crippen LogP contribution < -0.4 is 5.73 Å². The predicted molar refractivity (Wildman–Crippen MR) is 87.1 cm³/mol. The van der Waals surface area contributed by atoms with Crippen molar-refractivity contribution in [1.82, 2.24) is 10.1 Å². The van der Waals surface area contributed by atoms with Crippen LogP contribution in [0.1, 0.15) is 30.3 Å². The third kappa shape index (κ3) is 3.19. The summed E-state index contributed by atoms with van der Waals surface area (Å²) < 4.78 is 5.95. The molecular formula is C15H18ClN3O2S. The van der Waals surface area contributed by atoms with E-state index in [4.69, 9.17) is 21.9 Å². The van der Waals surface area contributed by atoms with Crippen molar-refractivity contribution in [2.75, 3.05) is 13.1 Å². The molecule has 0 aliphatic carbocycles. The highest BCUT2D eigenvalue weighted by Gasteiger charge is 2.27. The second-order valence-corrected chi connectivity index (χ2v) is 7.38. The van der Waals surface area contributed by atoms with E-state index in [1.807, 2.05) is 17.9 Å². The first-order valence-electron chi connectivity index (χ1n) is 7.32. The lowest BCUT2D eigenvalue weighted by Crippen LogP contribution is -2.42. The lowest BCUT2D eigenvalue weighted by atomic mass is 9.91. The molecule has 1 aliphatic rings. The molecule has 3 rings (SSSR count). The average Bonchev–Trinajstić information content (AvgIpc) is 3.15. The molecule has 1 amide bonds. The van der Waals surface area contributed by atoms with Crippen LogP contribution >= 0.6 is 22.9 Å². The van der Waals surface area contributed by atoms with Gasteiger partial charge in [0.15, 0.2) is 11.5 Å². The van der Waals surface area contributed by atoms with Crippen molar-refractivity contribution < 1.29 is 9.32 Å². The Morgan fingerprint density at radius 1 is 1.50 bits per heavy atom. The zero-order valence-corrected chi connectivity index (χ0v) is 13.9. The molecule has 0 bridgehead atoms. The lowest BCUT2D eigenvalue weighted by Gasteiger charge is -2.33. The Labute approximate surface area is 138 Å². The second kappa shape index (κ2) is 6.40. The van der Waals surface area contributed by atoms with Gasteiger partial charge in [-0.15, -0.1) is 11.3 Å². The number of rotatable bonds is 3. The van der Waals surface area contributed by atoms with Crippen molar-refractivity contribution in [3.8, 4) is 10.6 Å². The summed E-state index contributed by atoms with van der Waals surface area (Å²) in [6.45, 7) is 3.47. The number of hydrogen-bond acceptors (Lipinski definition) is 5. The molecule has 2 N–H and O–H groups in total. The summed E-state index contributed by atoms with van der Waals surface area (Å²) >= 11 is 7.31. The highest BCUT2D eigenvalue weighted by Crippen LogP contribution is 2.31. The molecule has 3 heterocycles. The molecule has 0 saturated carbocycles. The van der Waals surface area contributed by atoms with Crippen molar-refractivity contribution in [2.45, 2.75) is 25.8 Å². The molecular weight excluding hydrogens is 322 g/mol. The minimum absolute atomic E-state index is 0.0826. The number of nitrogens with two attached hydrogens (primary N) is 1. The predicted octanol–water partition coefficient (Wildman–Crippen LogP) is 3.26. The van der Waals surface area contributed by atoms with Crippen LogP contribution in [0, 0.1) is 5.92 Å². The van der Waals surface area contributed by atoms with E-state index in [-0.39, 0.29) is 11.9 Å². The Kier molecular flexibility index (Phi) is 4.52. The highest BCUT2D eigenvalue weighted by molar-refractivity contribution is 7.19. The molecule has 0 radical (unpaired) electrons. The molecule has 1 unspecified atom stereocenters. The van der Waals surface area contributed by atoms with E-state index in [1.165, 1.54) is 11.3 Å².